The highest BCUT2D eigenvalue weighted by atomic mass is 32.2. The minimum Gasteiger partial charge on any atom is -0.463 e. The highest BCUT2D eigenvalue weighted by Gasteiger charge is 2.34. The van der Waals surface area contributed by atoms with Crippen molar-refractivity contribution in [3.63, 3.8) is 0 Å². The maximum absolute atomic E-state index is 12.8. The monoisotopic (exact) mass is 440 g/mol. The predicted molar refractivity (Wildman–Crippen MR) is 115 cm³/mol. The number of rotatable bonds is 7. The average Bonchev–Trinajstić information content (AvgIpc) is 3.20. The number of urea groups is 1. The standard InChI is InChI=1S/C21H24N6O3S/c1-5-27-10-14(9-23-27)18-17(20(28)30-6-2)16(25-21(29)26-18)11-31-19-15(8-22)12(3)7-13(4)24-19/h7,9-10,18H,5-6,11H2,1-4H3,(H2,25,26,29)/t18-/m0/s1. The minimum absolute atomic E-state index is 0.203. The topological polar surface area (TPSA) is 122 Å². The van der Waals surface area contributed by atoms with E-state index in [1.165, 1.54) is 11.8 Å². The number of hydrogen-bond acceptors (Lipinski definition) is 7. The molecule has 2 amide bonds. The molecular weight excluding hydrogens is 416 g/mol. The quantitative estimate of drug-likeness (QED) is 0.501. The van der Waals surface area contributed by atoms with Gasteiger partial charge in [-0.1, -0.05) is 11.8 Å². The smallest absolute Gasteiger partial charge is 0.338 e. The highest BCUT2D eigenvalue weighted by Crippen LogP contribution is 2.31. The molecule has 0 saturated heterocycles. The molecule has 0 bridgehead atoms. The molecule has 2 aromatic heterocycles. The summed E-state index contributed by atoms with van der Waals surface area (Å²) in [6, 6.07) is 2.92. The van der Waals surface area contributed by atoms with Crippen LogP contribution >= 0.6 is 11.8 Å². The first-order chi connectivity index (χ1) is 14.9. The van der Waals surface area contributed by atoms with Crippen LogP contribution in [0, 0.1) is 25.2 Å². The number of thioether (sulfide) groups is 1. The van der Waals surface area contributed by atoms with Crippen molar-refractivity contribution in [3.05, 3.63) is 52.1 Å². The van der Waals surface area contributed by atoms with Crippen LogP contribution in [-0.2, 0) is 16.1 Å². The maximum atomic E-state index is 12.8. The number of nitrogens with one attached hydrogen (secondary N) is 2. The lowest BCUT2D eigenvalue weighted by atomic mass is 9.98. The number of aryl methyl sites for hydroxylation is 3. The fraction of sp³-hybridized carbons (Fsp3) is 0.381. The van der Waals surface area contributed by atoms with Crippen molar-refractivity contribution in [2.24, 2.45) is 0 Å². The molecule has 10 heteroatoms. The molecule has 1 aliphatic heterocycles. The van der Waals surface area contributed by atoms with Crippen LogP contribution in [0.15, 0.2) is 34.8 Å². The molecule has 162 valence electrons. The Balaban J connectivity index is 2.01. The average molecular weight is 441 g/mol. The van der Waals surface area contributed by atoms with Gasteiger partial charge in [0, 0.05) is 35.4 Å². The van der Waals surface area contributed by atoms with E-state index in [-0.39, 0.29) is 12.4 Å². The first kappa shape index (κ1) is 22.4. The van der Waals surface area contributed by atoms with Gasteiger partial charge in [0.1, 0.15) is 11.1 Å². The molecule has 31 heavy (non-hydrogen) atoms. The second kappa shape index (κ2) is 9.66. The van der Waals surface area contributed by atoms with Crippen molar-refractivity contribution in [3.8, 4) is 6.07 Å². The van der Waals surface area contributed by atoms with Gasteiger partial charge in [0.05, 0.1) is 30.0 Å². The minimum atomic E-state index is -0.689. The largest absolute Gasteiger partial charge is 0.463 e. The fourth-order valence-electron chi connectivity index (χ4n) is 3.32. The second-order valence-corrected chi connectivity index (χ2v) is 7.90. The number of carbonyl (C=O) groups is 2. The molecule has 0 aromatic carbocycles. The van der Waals surface area contributed by atoms with Crippen molar-refractivity contribution in [1.82, 2.24) is 25.4 Å². The summed E-state index contributed by atoms with van der Waals surface area (Å²) in [5.41, 5.74) is 3.52. The predicted octanol–water partition coefficient (Wildman–Crippen LogP) is 2.75. The summed E-state index contributed by atoms with van der Waals surface area (Å²) in [5.74, 6) is -0.279. The van der Waals surface area contributed by atoms with E-state index in [4.69, 9.17) is 4.74 Å². The van der Waals surface area contributed by atoms with E-state index in [0.717, 1.165) is 11.3 Å². The third-order valence-electron chi connectivity index (χ3n) is 4.74. The van der Waals surface area contributed by atoms with E-state index in [1.807, 2.05) is 26.8 Å². The van der Waals surface area contributed by atoms with Crippen LogP contribution < -0.4 is 10.6 Å². The number of hydrogen-bond donors (Lipinski definition) is 2. The number of esters is 1. The van der Waals surface area contributed by atoms with E-state index >= 15 is 0 Å². The zero-order valence-electron chi connectivity index (χ0n) is 17.9. The number of carbonyl (C=O) groups excluding carboxylic acids is 2. The zero-order chi connectivity index (χ0) is 22.5. The third kappa shape index (κ3) is 4.88. The molecule has 1 atom stereocenters. The van der Waals surface area contributed by atoms with Gasteiger partial charge in [-0.3, -0.25) is 4.68 Å². The summed E-state index contributed by atoms with van der Waals surface area (Å²) < 4.78 is 7.00. The molecule has 0 unspecified atom stereocenters. The molecular formula is C21H24N6O3S. The number of aromatic nitrogens is 3. The molecule has 1 aliphatic rings. The van der Waals surface area contributed by atoms with Crippen LogP contribution in [-0.4, -0.2) is 39.1 Å². The number of amides is 2. The lowest BCUT2D eigenvalue weighted by Crippen LogP contribution is -2.46. The molecule has 0 spiro atoms. The van der Waals surface area contributed by atoms with Crippen LogP contribution in [0.3, 0.4) is 0 Å². The Bertz CT molecular complexity index is 1090. The number of nitrogens with zero attached hydrogens (tertiary/aromatic N) is 4. The molecule has 2 aromatic rings. The van der Waals surface area contributed by atoms with Gasteiger partial charge in [-0.05, 0) is 39.3 Å². The van der Waals surface area contributed by atoms with Gasteiger partial charge >= 0.3 is 12.0 Å². The van der Waals surface area contributed by atoms with Crippen LogP contribution in [0.1, 0.15) is 42.3 Å². The summed E-state index contributed by atoms with van der Waals surface area (Å²) in [6.45, 7) is 8.25. The van der Waals surface area contributed by atoms with Gasteiger partial charge in [-0.2, -0.15) is 10.4 Å². The van der Waals surface area contributed by atoms with Gasteiger partial charge in [-0.15, -0.1) is 0 Å². The van der Waals surface area contributed by atoms with Gasteiger partial charge in [0.15, 0.2) is 0 Å². The Hall–Kier alpha value is -3.32. The summed E-state index contributed by atoms with van der Waals surface area (Å²) in [7, 11) is 0. The Labute approximate surface area is 184 Å². The van der Waals surface area contributed by atoms with Crippen molar-refractivity contribution in [2.45, 2.75) is 45.3 Å². The number of ether oxygens (including phenoxy) is 1. The van der Waals surface area contributed by atoms with Gasteiger partial charge in [-0.25, -0.2) is 14.6 Å². The summed E-state index contributed by atoms with van der Waals surface area (Å²) in [6.07, 6.45) is 3.42. The zero-order valence-corrected chi connectivity index (χ0v) is 18.7. The highest BCUT2D eigenvalue weighted by molar-refractivity contribution is 7.99. The molecule has 0 saturated carbocycles. The van der Waals surface area contributed by atoms with Crippen molar-refractivity contribution >= 4 is 23.8 Å². The van der Waals surface area contributed by atoms with Crippen LogP contribution in [0.5, 0.6) is 0 Å². The molecule has 3 heterocycles. The maximum Gasteiger partial charge on any atom is 0.338 e. The summed E-state index contributed by atoms with van der Waals surface area (Å²) in [5, 5.41) is 19.8. The molecule has 0 radical (unpaired) electrons. The van der Waals surface area contributed by atoms with Crippen molar-refractivity contribution in [1.29, 1.82) is 5.26 Å². The third-order valence-corrected chi connectivity index (χ3v) is 5.74. The van der Waals surface area contributed by atoms with Gasteiger partial charge in [0.25, 0.3) is 0 Å². The van der Waals surface area contributed by atoms with Crippen LogP contribution in [0.2, 0.25) is 0 Å². The fourth-order valence-corrected chi connectivity index (χ4v) is 4.38. The second-order valence-electron chi connectivity index (χ2n) is 6.93. The lowest BCUT2D eigenvalue weighted by molar-refractivity contribution is -0.139. The van der Waals surface area contributed by atoms with E-state index in [9.17, 15) is 14.9 Å². The summed E-state index contributed by atoms with van der Waals surface area (Å²) >= 11 is 1.29. The summed E-state index contributed by atoms with van der Waals surface area (Å²) in [4.78, 5) is 29.7. The first-order valence-electron chi connectivity index (χ1n) is 9.89. The van der Waals surface area contributed by atoms with Crippen molar-refractivity contribution in [2.75, 3.05) is 12.4 Å². The van der Waals surface area contributed by atoms with Crippen LogP contribution in [0.4, 0.5) is 4.79 Å². The van der Waals surface area contributed by atoms with E-state index in [2.05, 4.69) is 26.8 Å². The molecule has 0 fully saturated rings. The lowest BCUT2D eigenvalue weighted by Gasteiger charge is -2.28. The van der Waals surface area contributed by atoms with Gasteiger partial charge < -0.3 is 15.4 Å². The molecule has 2 N–H and O–H groups in total. The molecule has 3 rings (SSSR count). The Morgan fingerprint density at radius 2 is 2.16 bits per heavy atom. The number of pyridine rings is 1. The SMILES string of the molecule is CCOC(=O)C1=C(CSc2nc(C)cc(C)c2C#N)NC(=O)N[C@H]1c1cnn(CC)c1. The van der Waals surface area contributed by atoms with E-state index < -0.39 is 18.0 Å². The van der Waals surface area contributed by atoms with E-state index in [0.29, 0.717) is 34.0 Å². The van der Waals surface area contributed by atoms with Gasteiger partial charge in [0.2, 0.25) is 0 Å². The number of nitriles is 1. The molecule has 9 nitrogen and oxygen atoms in total. The van der Waals surface area contributed by atoms with E-state index in [1.54, 1.807) is 24.0 Å². The first-order valence-corrected chi connectivity index (χ1v) is 10.9. The Morgan fingerprint density at radius 1 is 1.39 bits per heavy atom. The Kier molecular flexibility index (Phi) is 6.97. The van der Waals surface area contributed by atoms with Crippen molar-refractivity contribution < 1.29 is 14.3 Å². The molecule has 0 aliphatic carbocycles. The van der Waals surface area contributed by atoms with Crippen LogP contribution in [0.25, 0.3) is 0 Å². The Morgan fingerprint density at radius 3 is 2.81 bits per heavy atom. The normalized spacial score (nSPS) is 15.8.